The van der Waals surface area contributed by atoms with Crippen LogP contribution in [-0.4, -0.2) is 35.1 Å². The van der Waals surface area contributed by atoms with E-state index in [0.717, 1.165) is 11.5 Å². The minimum absolute atomic E-state index is 0.0642. The van der Waals surface area contributed by atoms with E-state index in [1.54, 1.807) is 24.3 Å². The number of hydrogen-bond donors (Lipinski definition) is 3. The van der Waals surface area contributed by atoms with E-state index >= 15 is 0 Å². The van der Waals surface area contributed by atoms with E-state index in [4.69, 9.17) is 9.47 Å². The van der Waals surface area contributed by atoms with Crippen LogP contribution in [0.3, 0.4) is 0 Å². The molecule has 3 N–H and O–H groups in total. The number of nitrogens with one attached hydrogen (secondary N) is 2. The zero-order chi connectivity index (χ0) is 21.3. The highest BCUT2D eigenvalue weighted by Gasteiger charge is 2.27. The van der Waals surface area contributed by atoms with Gasteiger partial charge in [-0.3, -0.25) is 30.6 Å². The summed E-state index contributed by atoms with van der Waals surface area (Å²) in [6.45, 7) is 0.477. The van der Waals surface area contributed by atoms with Gasteiger partial charge in [-0.25, -0.2) is 0 Å². The van der Waals surface area contributed by atoms with Crippen molar-refractivity contribution in [2.45, 2.75) is 0 Å². The lowest BCUT2D eigenvalue weighted by atomic mass is 10.1. The first-order valence-electron chi connectivity index (χ1n) is 8.84. The minimum Gasteiger partial charge on any atom is -0.507 e. The van der Waals surface area contributed by atoms with Crippen molar-refractivity contribution in [3.63, 3.8) is 0 Å². The molecule has 10 heteroatoms. The van der Waals surface area contributed by atoms with Gasteiger partial charge < -0.3 is 14.6 Å². The van der Waals surface area contributed by atoms with Crippen molar-refractivity contribution in [2.24, 2.45) is 0 Å². The van der Waals surface area contributed by atoms with E-state index < -0.39 is 22.4 Å². The lowest BCUT2D eigenvalue weighted by molar-refractivity contribution is -0.385. The van der Waals surface area contributed by atoms with Crippen molar-refractivity contribution in [3.05, 3.63) is 69.8 Å². The molecule has 4 rings (SSSR count). The number of hydrogen-bond acceptors (Lipinski definition) is 7. The highest BCUT2D eigenvalue weighted by Crippen LogP contribution is 2.36. The fourth-order valence-corrected chi connectivity index (χ4v) is 3.07. The second kappa shape index (κ2) is 7.59. The predicted octanol–water partition coefficient (Wildman–Crippen LogP) is 2.30. The molecule has 3 aromatic carbocycles. The van der Waals surface area contributed by atoms with E-state index in [1.165, 1.54) is 18.2 Å². The van der Waals surface area contributed by atoms with Crippen LogP contribution in [0.2, 0.25) is 0 Å². The van der Waals surface area contributed by atoms with Crippen molar-refractivity contribution in [2.75, 3.05) is 13.2 Å². The number of nitrogens with zero attached hydrogens (tertiary/aromatic N) is 1. The van der Waals surface area contributed by atoms with Gasteiger partial charge in [0.1, 0.15) is 24.5 Å². The normalized spacial score (nSPS) is 12.3. The molecule has 30 heavy (non-hydrogen) atoms. The lowest BCUT2D eigenvalue weighted by Crippen LogP contribution is -2.41. The number of hydrazine groups is 1. The minimum atomic E-state index is -0.924. The first-order valence-corrected chi connectivity index (χ1v) is 8.84. The molecule has 3 aromatic rings. The van der Waals surface area contributed by atoms with Gasteiger partial charge >= 0.3 is 0 Å². The number of aromatic hydroxyl groups is 1. The molecule has 0 saturated heterocycles. The van der Waals surface area contributed by atoms with Crippen LogP contribution < -0.4 is 20.3 Å². The molecule has 10 nitrogen and oxygen atoms in total. The molecule has 152 valence electrons. The molecule has 0 bridgehead atoms. The van der Waals surface area contributed by atoms with Crippen molar-refractivity contribution in [1.29, 1.82) is 0 Å². The van der Waals surface area contributed by atoms with Gasteiger partial charge in [-0.1, -0.05) is 24.3 Å². The van der Waals surface area contributed by atoms with Crippen LogP contribution in [0.4, 0.5) is 5.69 Å². The molecular formula is C20H15N3O7. The summed E-state index contributed by atoms with van der Waals surface area (Å²) in [5.41, 5.74) is 3.40. The Morgan fingerprint density at radius 1 is 0.900 bits per heavy atom. The molecule has 0 unspecified atom stereocenters. The first kappa shape index (κ1) is 19.0. The number of fused-ring (bicyclic) bond motifs is 2. The Balaban J connectivity index is 1.56. The Morgan fingerprint density at radius 2 is 1.47 bits per heavy atom. The van der Waals surface area contributed by atoms with Crippen molar-refractivity contribution < 1.29 is 29.1 Å². The SMILES string of the molecule is O=C(NNC(=O)c1cc2c(cc1[N+](=O)[O-])OCCO2)c1cc2ccccc2cc1O. The fraction of sp³-hybridized carbons (Fsp3) is 0.100. The Kier molecular flexibility index (Phi) is 4.80. The summed E-state index contributed by atoms with van der Waals surface area (Å²) >= 11 is 0. The van der Waals surface area contributed by atoms with E-state index in [9.17, 15) is 24.8 Å². The van der Waals surface area contributed by atoms with Gasteiger partial charge in [-0.05, 0) is 22.9 Å². The van der Waals surface area contributed by atoms with Gasteiger partial charge in [0.25, 0.3) is 17.5 Å². The zero-order valence-corrected chi connectivity index (χ0v) is 15.4. The third-order valence-corrected chi connectivity index (χ3v) is 4.50. The number of benzene rings is 3. The molecule has 1 aliphatic heterocycles. The second-order valence-electron chi connectivity index (χ2n) is 6.39. The quantitative estimate of drug-likeness (QED) is 0.445. The van der Waals surface area contributed by atoms with Crippen LogP contribution in [0.5, 0.6) is 17.2 Å². The lowest BCUT2D eigenvalue weighted by Gasteiger charge is -2.19. The largest absolute Gasteiger partial charge is 0.507 e. The van der Waals surface area contributed by atoms with Gasteiger partial charge in [0.2, 0.25) is 0 Å². The van der Waals surface area contributed by atoms with Crippen LogP contribution in [0.25, 0.3) is 10.8 Å². The van der Waals surface area contributed by atoms with Gasteiger partial charge in [-0.2, -0.15) is 0 Å². The van der Waals surface area contributed by atoms with E-state index in [1.807, 2.05) is 0 Å². The predicted molar refractivity (Wildman–Crippen MR) is 105 cm³/mol. The Labute approximate surface area is 169 Å². The van der Waals surface area contributed by atoms with E-state index in [2.05, 4.69) is 10.9 Å². The third-order valence-electron chi connectivity index (χ3n) is 4.50. The van der Waals surface area contributed by atoms with Crippen molar-refractivity contribution >= 4 is 28.3 Å². The zero-order valence-electron chi connectivity index (χ0n) is 15.4. The molecule has 0 atom stereocenters. The molecule has 1 heterocycles. The van der Waals surface area contributed by atoms with Crippen LogP contribution in [0, 0.1) is 10.1 Å². The number of amides is 2. The molecule has 0 fully saturated rings. The summed E-state index contributed by atoms with van der Waals surface area (Å²) in [5, 5.41) is 22.9. The van der Waals surface area contributed by atoms with Gasteiger partial charge in [0.05, 0.1) is 16.6 Å². The number of phenolic OH excluding ortho intramolecular Hbond substituents is 1. The average molecular weight is 409 g/mol. The van der Waals surface area contributed by atoms with Crippen LogP contribution in [0.1, 0.15) is 20.7 Å². The third kappa shape index (κ3) is 3.53. The maximum absolute atomic E-state index is 12.5. The fourth-order valence-electron chi connectivity index (χ4n) is 3.07. The summed E-state index contributed by atoms with van der Waals surface area (Å²) in [5.74, 6) is -1.63. The van der Waals surface area contributed by atoms with E-state index in [-0.39, 0.29) is 41.6 Å². The molecule has 0 radical (unpaired) electrons. The van der Waals surface area contributed by atoms with Crippen LogP contribution in [-0.2, 0) is 0 Å². The Bertz CT molecular complexity index is 1190. The maximum Gasteiger partial charge on any atom is 0.286 e. The first-order chi connectivity index (χ1) is 14.4. The van der Waals surface area contributed by atoms with Crippen molar-refractivity contribution in [3.8, 4) is 17.2 Å². The Morgan fingerprint density at radius 3 is 2.10 bits per heavy atom. The highest BCUT2D eigenvalue weighted by molar-refractivity contribution is 6.04. The maximum atomic E-state index is 12.5. The number of carbonyl (C=O) groups excluding carboxylic acids is 2. The number of nitro groups is 1. The molecule has 2 amide bonds. The molecule has 1 aliphatic rings. The van der Waals surface area contributed by atoms with Crippen molar-refractivity contribution in [1.82, 2.24) is 10.9 Å². The number of ether oxygens (including phenoxy) is 2. The highest BCUT2D eigenvalue weighted by atomic mass is 16.6. The summed E-state index contributed by atoms with van der Waals surface area (Å²) in [6.07, 6.45) is 0. The topological polar surface area (TPSA) is 140 Å². The van der Waals surface area contributed by atoms with Gasteiger partial charge in [-0.15, -0.1) is 0 Å². The average Bonchev–Trinajstić information content (AvgIpc) is 2.75. The smallest absolute Gasteiger partial charge is 0.286 e. The number of rotatable bonds is 3. The van der Waals surface area contributed by atoms with Crippen LogP contribution in [0.15, 0.2) is 48.5 Å². The second-order valence-corrected chi connectivity index (χ2v) is 6.39. The Hall–Kier alpha value is -4.34. The van der Waals surface area contributed by atoms with Gasteiger partial charge in [0.15, 0.2) is 11.5 Å². The summed E-state index contributed by atoms with van der Waals surface area (Å²) in [7, 11) is 0. The standard InChI is InChI=1S/C20H15N3O7/c24-16-8-12-4-2-1-3-11(12)7-14(16)20(26)22-21-19(25)13-9-17-18(30-6-5-29-17)10-15(13)23(27)28/h1-4,7-10,24H,5-6H2,(H,21,25)(H,22,26). The number of nitro benzene ring substituents is 1. The molecule has 0 aromatic heterocycles. The monoisotopic (exact) mass is 409 g/mol. The van der Waals surface area contributed by atoms with Crippen LogP contribution >= 0.6 is 0 Å². The molecule has 0 saturated carbocycles. The number of phenols is 1. The summed E-state index contributed by atoms with van der Waals surface area (Å²) < 4.78 is 10.6. The molecule has 0 aliphatic carbocycles. The summed E-state index contributed by atoms with van der Waals surface area (Å²) in [6, 6.07) is 12.3. The molecule has 0 spiro atoms. The molecular weight excluding hydrogens is 394 g/mol. The summed E-state index contributed by atoms with van der Waals surface area (Å²) in [4.78, 5) is 35.5. The van der Waals surface area contributed by atoms with E-state index in [0.29, 0.717) is 5.39 Å². The number of carbonyl (C=O) groups is 2. The van der Waals surface area contributed by atoms with Gasteiger partial charge in [0, 0.05) is 6.07 Å².